The van der Waals surface area contributed by atoms with E-state index in [0.29, 0.717) is 30.4 Å². The predicted molar refractivity (Wildman–Crippen MR) is 103 cm³/mol. The fourth-order valence-electron chi connectivity index (χ4n) is 3.27. The van der Waals surface area contributed by atoms with Gasteiger partial charge in [-0.25, -0.2) is 9.97 Å². The maximum absolute atomic E-state index is 12.4. The van der Waals surface area contributed by atoms with Crippen molar-refractivity contribution in [2.24, 2.45) is 5.92 Å². The van der Waals surface area contributed by atoms with Crippen LogP contribution in [0.4, 0.5) is 0 Å². The maximum Gasteiger partial charge on any atom is 0.233 e. The van der Waals surface area contributed by atoms with Gasteiger partial charge in [0, 0.05) is 25.0 Å². The first kappa shape index (κ1) is 18.9. The number of amides is 1. The van der Waals surface area contributed by atoms with Crippen molar-refractivity contribution in [3.63, 3.8) is 0 Å². The van der Waals surface area contributed by atoms with Crippen LogP contribution in [0.2, 0.25) is 0 Å². The van der Waals surface area contributed by atoms with Gasteiger partial charge in [0.05, 0.1) is 11.9 Å². The first-order chi connectivity index (χ1) is 12.6. The van der Waals surface area contributed by atoms with E-state index in [1.165, 1.54) is 11.8 Å². The van der Waals surface area contributed by atoms with Crippen LogP contribution in [0.1, 0.15) is 24.1 Å². The van der Waals surface area contributed by atoms with E-state index >= 15 is 0 Å². The summed E-state index contributed by atoms with van der Waals surface area (Å²) in [5.41, 5.74) is 2.07. The van der Waals surface area contributed by atoms with E-state index < -0.39 is 0 Å². The van der Waals surface area contributed by atoms with Crippen LogP contribution in [0.3, 0.4) is 0 Å². The van der Waals surface area contributed by atoms with E-state index in [0.717, 1.165) is 24.1 Å². The Bertz CT molecular complexity index is 718. The predicted octanol–water partition coefficient (Wildman–Crippen LogP) is 2.72. The van der Waals surface area contributed by atoms with Gasteiger partial charge >= 0.3 is 0 Å². The van der Waals surface area contributed by atoms with Crippen molar-refractivity contribution < 1.29 is 9.90 Å². The molecule has 0 radical (unpaired) electrons. The molecule has 0 spiro atoms. The number of rotatable bonds is 6. The molecule has 0 unspecified atom stereocenters. The van der Waals surface area contributed by atoms with E-state index in [9.17, 15) is 9.90 Å². The third kappa shape index (κ3) is 5.29. The highest BCUT2D eigenvalue weighted by molar-refractivity contribution is 7.99. The number of hydrogen-bond acceptors (Lipinski definition) is 5. The standard InChI is InChI=1S/C20H25N3O2S/c1-15-7-10-21-20(22-15)26-14-19(25)23-11-8-17(9-12-23)18(24)13-16-5-3-2-4-6-16/h2-7,10,17-18,24H,8-9,11-14H2,1H3/t18-/m1/s1. The Morgan fingerprint density at radius 2 is 2.00 bits per heavy atom. The zero-order valence-corrected chi connectivity index (χ0v) is 15.9. The lowest BCUT2D eigenvalue weighted by molar-refractivity contribution is -0.130. The van der Waals surface area contributed by atoms with Gasteiger partial charge in [0.25, 0.3) is 0 Å². The van der Waals surface area contributed by atoms with Crippen LogP contribution in [0, 0.1) is 12.8 Å². The quantitative estimate of drug-likeness (QED) is 0.625. The Balaban J connectivity index is 1.43. The number of likely N-dealkylation sites (tertiary alicyclic amines) is 1. The number of aliphatic hydroxyl groups excluding tert-OH is 1. The highest BCUT2D eigenvalue weighted by Gasteiger charge is 2.27. The van der Waals surface area contributed by atoms with Crippen LogP contribution in [-0.2, 0) is 11.2 Å². The molecule has 5 nitrogen and oxygen atoms in total. The number of nitrogens with zero attached hydrogens (tertiary/aromatic N) is 3. The monoisotopic (exact) mass is 371 g/mol. The molecular weight excluding hydrogens is 346 g/mol. The molecule has 1 N–H and O–H groups in total. The number of carbonyl (C=O) groups excluding carboxylic acids is 1. The summed E-state index contributed by atoms with van der Waals surface area (Å²) >= 11 is 1.38. The zero-order valence-electron chi connectivity index (χ0n) is 15.0. The average molecular weight is 372 g/mol. The summed E-state index contributed by atoms with van der Waals surface area (Å²) in [6.45, 7) is 3.34. The van der Waals surface area contributed by atoms with Crippen molar-refractivity contribution in [1.29, 1.82) is 0 Å². The number of aliphatic hydroxyl groups is 1. The van der Waals surface area contributed by atoms with Crippen molar-refractivity contribution in [3.05, 3.63) is 53.9 Å². The van der Waals surface area contributed by atoms with Gasteiger partial charge in [-0.3, -0.25) is 4.79 Å². The lowest BCUT2D eigenvalue weighted by Crippen LogP contribution is -2.42. The summed E-state index contributed by atoms with van der Waals surface area (Å²) in [5.74, 6) is 0.740. The van der Waals surface area contributed by atoms with Crippen LogP contribution < -0.4 is 0 Å². The van der Waals surface area contributed by atoms with Gasteiger partial charge in [-0.15, -0.1) is 0 Å². The Kier molecular flexibility index (Phi) is 6.63. The normalized spacial score (nSPS) is 16.5. The second-order valence-electron chi connectivity index (χ2n) is 6.74. The zero-order chi connectivity index (χ0) is 18.4. The molecule has 1 atom stereocenters. The largest absolute Gasteiger partial charge is 0.392 e. The fourth-order valence-corrected chi connectivity index (χ4v) is 4.05. The van der Waals surface area contributed by atoms with Crippen molar-refractivity contribution in [1.82, 2.24) is 14.9 Å². The van der Waals surface area contributed by atoms with Crippen LogP contribution in [0.15, 0.2) is 47.8 Å². The Labute approximate surface area is 158 Å². The summed E-state index contributed by atoms with van der Waals surface area (Å²) in [6, 6.07) is 11.9. The number of carbonyl (C=O) groups is 1. The topological polar surface area (TPSA) is 66.3 Å². The van der Waals surface area contributed by atoms with Gasteiger partial charge in [-0.05, 0) is 43.7 Å². The third-order valence-electron chi connectivity index (χ3n) is 4.82. The van der Waals surface area contributed by atoms with Crippen LogP contribution in [0.25, 0.3) is 0 Å². The molecule has 1 saturated heterocycles. The molecule has 1 aromatic heterocycles. The molecule has 2 heterocycles. The molecule has 2 aromatic rings. The Hall–Kier alpha value is -1.92. The van der Waals surface area contributed by atoms with Gasteiger partial charge in [-0.2, -0.15) is 0 Å². The second-order valence-corrected chi connectivity index (χ2v) is 7.69. The summed E-state index contributed by atoms with van der Waals surface area (Å²) in [5, 5.41) is 11.2. The smallest absolute Gasteiger partial charge is 0.233 e. The highest BCUT2D eigenvalue weighted by Crippen LogP contribution is 2.24. The van der Waals surface area contributed by atoms with Gasteiger partial charge in [0.15, 0.2) is 5.16 Å². The number of aromatic nitrogens is 2. The van der Waals surface area contributed by atoms with Gasteiger partial charge < -0.3 is 10.0 Å². The van der Waals surface area contributed by atoms with E-state index in [-0.39, 0.29) is 17.9 Å². The minimum atomic E-state index is -0.343. The van der Waals surface area contributed by atoms with Gasteiger partial charge in [0.2, 0.25) is 5.91 Å². The molecule has 138 valence electrons. The first-order valence-electron chi connectivity index (χ1n) is 9.04. The van der Waals surface area contributed by atoms with Crippen LogP contribution >= 0.6 is 11.8 Å². The molecule has 1 fully saturated rings. The minimum absolute atomic E-state index is 0.121. The van der Waals surface area contributed by atoms with E-state index in [2.05, 4.69) is 9.97 Å². The van der Waals surface area contributed by atoms with Crippen molar-refractivity contribution >= 4 is 17.7 Å². The lowest BCUT2D eigenvalue weighted by atomic mass is 9.88. The van der Waals surface area contributed by atoms with Crippen LogP contribution in [-0.4, -0.2) is 50.8 Å². The number of hydrogen-bond donors (Lipinski definition) is 1. The summed E-state index contributed by atoms with van der Waals surface area (Å²) in [6.07, 6.45) is 3.76. The molecule has 3 rings (SSSR count). The van der Waals surface area contributed by atoms with Crippen molar-refractivity contribution in [2.45, 2.75) is 37.4 Å². The third-order valence-corrected chi connectivity index (χ3v) is 5.67. The lowest BCUT2D eigenvalue weighted by Gasteiger charge is -2.34. The average Bonchev–Trinajstić information content (AvgIpc) is 2.67. The number of thioether (sulfide) groups is 1. The summed E-state index contributed by atoms with van der Waals surface area (Å²) in [7, 11) is 0. The molecule has 0 bridgehead atoms. The highest BCUT2D eigenvalue weighted by atomic mass is 32.2. The molecule has 1 amide bonds. The number of piperidine rings is 1. The van der Waals surface area contributed by atoms with E-state index in [4.69, 9.17) is 0 Å². The number of aryl methyl sites for hydroxylation is 1. The molecular formula is C20H25N3O2S. The molecule has 1 aliphatic heterocycles. The fraction of sp³-hybridized carbons (Fsp3) is 0.450. The Morgan fingerprint density at radius 3 is 2.69 bits per heavy atom. The van der Waals surface area contributed by atoms with Gasteiger partial charge in [0.1, 0.15) is 0 Å². The maximum atomic E-state index is 12.4. The SMILES string of the molecule is Cc1ccnc(SCC(=O)N2CCC([C@H](O)Cc3ccccc3)CC2)n1. The summed E-state index contributed by atoms with van der Waals surface area (Å²) < 4.78 is 0. The number of benzene rings is 1. The Morgan fingerprint density at radius 1 is 1.27 bits per heavy atom. The molecule has 1 aliphatic rings. The molecule has 1 aromatic carbocycles. The molecule has 0 aliphatic carbocycles. The van der Waals surface area contributed by atoms with E-state index in [1.54, 1.807) is 6.20 Å². The molecule has 26 heavy (non-hydrogen) atoms. The first-order valence-corrected chi connectivity index (χ1v) is 10.0. The minimum Gasteiger partial charge on any atom is -0.392 e. The molecule has 6 heteroatoms. The van der Waals surface area contributed by atoms with Crippen molar-refractivity contribution in [2.75, 3.05) is 18.8 Å². The molecule has 0 saturated carbocycles. The second kappa shape index (κ2) is 9.14. The summed E-state index contributed by atoms with van der Waals surface area (Å²) in [4.78, 5) is 22.8. The van der Waals surface area contributed by atoms with Crippen molar-refractivity contribution in [3.8, 4) is 0 Å². The van der Waals surface area contributed by atoms with E-state index in [1.807, 2.05) is 48.2 Å². The van der Waals surface area contributed by atoms with Gasteiger partial charge in [-0.1, -0.05) is 42.1 Å². The van der Waals surface area contributed by atoms with Crippen LogP contribution in [0.5, 0.6) is 0 Å².